The molecule has 1 saturated heterocycles. The molecule has 1 fully saturated rings. The number of benzene rings is 2. The molecule has 2 atom stereocenters. The number of carboxylic acid groups (broad SMARTS) is 1. The summed E-state index contributed by atoms with van der Waals surface area (Å²) in [6.07, 6.45) is 2.04. The zero-order valence-corrected chi connectivity index (χ0v) is 19.8. The van der Waals surface area contributed by atoms with Crippen LogP contribution in [0.15, 0.2) is 54.6 Å². The van der Waals surface area contributed by atoms with Crippen LogP contribution >= 0.6 is 0 Å². The van der Waals surface area contributed by atoms with Gasteiger partial charge in [-0.05, 0) is 55.4 Å². The van der Waals surface area contributed by atoms with Crippen molar-refractivity contribution in [3.63, 3.8) is 0 Å². The molecular weight excluding hydrogens is 430 g/mol. The maximum absolute atomic E-state index is 13.5. The van der Waals surface area contributed by atoms with Gasteiger partial charge >= 0.3 is 5.97 Å². The Morgan fingerprint density at radius 3 is 2.15 bits per heavy atom. The maximum atomic E-state index is 13.5. The topological polar surface area (TPSA) is 111 Å². The van der Waals surface area contributed by atoms with E-state index >= 15 is 0 Å². The average molecular weight is 464 g/mol. The summed E-state index contributed by atoms with van der Waals surface area (Å²) in [6.45, 7) is 4.71. The van der Waals surface area contributed by atoms with Crippen molar-refractivity contribution in [2.45, 2.75) is 45.6 Å². The first-order valence-electron chi connectivity index (χ1n) is 11.8. The molecule has 2 unspecified atom stereocenters. The molecule has 0 spiro atoms. The summed E-state index contributed by atoms with van der Waals surface area (Å²) >= 11 is 0. The molecule has 3 rings (SSSR count). The molecule has 34 heavy (non-hydrogen) atoms. The fourth-order valence-corrected chi connectivity index (χ4v) is 4.56. The summed E-state index contributed by atoms with van der Waals surface area (Å²) in [7, 11) is 0. The number of hydrogen-bond acceptors (Lipinski definition) is 4. The highest BCUT2D eigenvalue weighted by Crippen LogP contribution is 2.30. The normalized spacial score (nSPS) is 15.9. The van der Waals surface area contributed by atoms with E-state index in [4.69, 9.17) is 10.5 Å². The van der Waals surface area contributed by atoms with Gasteiger partial charge in [0.05, 0.1) is 12.0 Å². The third kappa shape index (κ3) is 6.31. The maximum Gasteiger partial charge on any atom is 0.303 e. The van der Waals surface area contributed by atoms with E-state index in [1.807, 2.05) is 42.2 Å². The lowest BCUT2D eigenvalue weighted by molar-refractivity contribution is -0.139. The first kappa shape index (κ1) is 25.1. The van der Waals surface area contributed by atoms with Gasteiger partial charge < -0.3 is 20.7 Å². The van der Waals surface area contributed by atoms with Gasteiger partial charge in [-0.2, -0.15) is 0 Å². The van der Waals surface area contributed by atoms with Crippen molar-refractivity contribution in [1.82, 2.24) is 10.2 Å². The number of piperidine rings is 1. The van der Waals surface area contributed by atoms with E-state index in [2.05, 4.69) is 5.32 Å². The summed E-state index contributed by atoms with van der Waals surface area (Å²) in [5, 5.41) is 19.9. The third-order valence-electron chi connectivity index (χ3n) is 6.57. The second-order valence-electron chi connectivity index (χ2n) is 8.95. The fourth-order valence-electron chi connectivity index (χ4n) is 4.56. The van der Waals surface area contributed by atoms with E-state index in [0.717, 1.165) is 11.1 Å². The monoisotopic (exact) mass is 463 g/mol. The predicted molar refractivity (Wildman–Crippen MR) is 131 cm³/mol. The largest absolute Gasteiger partial charge is 0.481 e. The number of carboxylic acids is 1. The van der Waals surface area contributed by atoms with Crippen LogP contribution in [0.4, 0.5) is 0 Å². The second-order valence-corrected chi connectivity index (χ2v) is 8.95. The molecule has 0 radical (unpaired) electrons. The summed E-state index contributed by atoms with van der Waals surface area (Å²) in [5.74, 6) is -1.43. The summed E-state index contributed by atoms with van der Waals surface area (Å²) < 4.78 is 0. The molecule has 7 nitrogen and oxygen atoms in total. The molecule has 2 aromatic rings. The van der Waals surface area contributed by atoms with Crippen LogP contribution in [0, 0.1) is 17.2 Å². The van der Waals surface area contributed by atoms with Crippen LogP contribution in [-0.4, -0.2) is 46.6 Å². The molecule has 1 aliphatic rings. The number of nitrogens with one attached hydrogen (secondary N) is 2. The van der Waals surface area contributed by atoms with E-state index < -0.39 is 17.9 Å². The molecule has 3 N–H and O–H groups in total. The molecule has 0 aliphatic carbocycles. The van der Waals surface area contributed by atoms with E-state index in [9.17, 15) is 14.4 Å². The van der Waals surface area contributed by atoms with Crippen LogP contribution in [0.5, 0.6) is 0 Å². The molecule has 0 bridgehead atoms. The summed E-state index contributed by atoms with van der Waals surface area (Å²) in [6, 6.07) is 15.9. The number of nitrogens with zero attached hydrogens (tertiary/aromatic N) is 1. The highest BCUT2D eigenvalue weighted by molar-refractivity contribution is 5.99. The molecule has 0 aromatic heterocycles. The summed E-state index contributed by atoms with van der Waals surface area (Å²) in [5.41, 5.74) is 2.52. The minimum absolute atomic E-state index is 0.0137. The number of carbonyl (C=O) groups excluding carboxylic acids is 2. The lowest BCUT2D eigenvalue weighted by Gasteiger charge is -2.36. The van der Waals surface area contributed by atoms with E-state index in [1.54, 1.807) is 31.2 Å². The van der Waals surface area contributed by atoms with Crippen molar-refractivity contribution in [3.8, 4) is 0 Å². The molecule has 0 saturated carbocycles. The Kier molecular flexibility index (Phi) is 8.57. The van der Waals surface area contributed by atoms with Crippen LogP contribution in [0.3, 0.4) is 0 Å². The number of hydrogen-bond donors (Lipinski definition) is 3. The van der Waals surface area contributed by atoms with Crippen molar-refractivity contribution in [3.05, 3.63) is 71.3 Å². The van der Waals surface area contributed by atoms with Gasteiger partial charge in [0.1, 0.15) is 0 Å². The van der Waals surface area contributed by atoms with Crippen LogP contribution in [0.2, 0.25) is 0 Å². The molecular formula is C27H33N3O4. The molecule has 2 aromatic carbocycles. The van der Waals surface area contributed by atoms with E-state index in [-0.39, 0.29) is 24.2 Å². The Balaban J connectivity index is 1.78. The smallest absolute Gasteiger partial charge is 0.303 e. The van der Waals surface area contributed by atoms with Crippen LogP contribution in [0.1, 0.15) is 67.1 Å². The van der Waals surface area contributed by atoms with Gasteiger partial charge in [0.25, 0.3) is 5.91 Å². The lowest BCUT2D eigenvalue weighted by Crippen LogP contribution is -2.46. The Labute approximate surface area is 200 Å². The van der Waals surface area contributed by atoms with Gasteiger partial charge in [0.2, 0.25) is 5.91 Å². The second kappa shape index (κ2) is 11.6. The standard InChI is InChI=1S/C27H33N3O4/c1-3-23(27(34)30-15-13-19(14-16-30)17-24(31)32)25(21-7-5-4-6-8-21)29-26(33)22-11-9-20(10-12-22)18(2)28/h4-12,19,23,25,28H,3,13-17H2,1-2H3,(H,29,33)(H,31,32). The average Bonchev–Trinajstić information content (AvgIpc) is 2.84. The van der Waals surface area contributed by atoms with Crippen molar-refractivity contribution in [1.29, 1.82) is 5.41 Å². The first-order valence-corrected chi connectivity index (χ1v) is 11.8. The van der Waals surface area contributed by atoms with Crippen LogP contribution in [-0.2, 0) is 9.59 Å². The van der Waals surface area contributed by atoms with Gasteiger partial charge in [-0.1, -0.05) is 49.4 Å². The van der Waals surface area contributed by atoms with Crippen LogP contribution < -0.4 is 5.32 Å². The van der Waals surface area contributed by atoms with E-state index in [1.165, 1.54) is 0 Å². The Bertz CT molecular complexity index is 1010. The number of aliphatic carboxylic acids is 1. The van der Waals surface area contributed by atoms with Crippen molar-refractivity contribution >= 4 is 23.5 Å². The quantitative estimate of drug-likeness (QED) is 0.482. The molecule has 1 heterocycles. The third-order valence-corrected chi connectivity index (χ3v) is 6.57. The predicted octanol–water partition coefficient (Wildman–Crippen LogP) is 4.28. The van der Waals surface area contributed by atoms with Gasteiger partial charge in [0.15, 0.2) is 0 Å². The van der Waals surface area contributed by atoms with Gasteiger partial charge in [-0.15, -0.1) is 0 Å². The Hall–Kier alpha value is -3.48. The lowest BCUT2D eigenvalue weighted by atomic mass is 9.87. The SMILES string of the molecule is CCC(C(=O)N1CCC(CC(=O)O)CC1)C(NC(=O)c1ccc(C(C)=N)cc1)c1ccccc1. The summed E-state index contributed by atoms with van der Waals surface area (Å²) in [4.78, 5) is 39.5. The highest BCUT2D eigenvalue weighted by atomic mass is 16.4. The minimum atomic E-state index is -0.799. The van der Waals surface area contributed by atoms with Gasteiger partial charge in [0, 0.05) is 30.8 Å². The van der Waals surface area contributed by atoms with Crippen molar-refractivity contribution in [2.75, 3.05) is 13.1 Å². The Morgan fingerprint density at radius 2 is 1.62 bits per heavy atom. The number of carbonyl (C=O) groups is 3. The van der Waals surface area contributed by atoms with Crippen molar-refractivity contribution < 1.29 is 19.5 Å². The fraction of sp³-hybridized carbons (Fsp3) is 0.407. The van der Waals surface area contributed by atoms with Gasteiger partial charge in [-0.3, -0.25) is 14.4 Å². The molecule has 7 heteroatoms. The van der Waals surface area contributed by atoms with Gasteiger partial charge in [-0.25, -0.2) is 0 Å². The zero-order valence-electron chi connectivity index (χ0n) is 19.8. The van der Waals surface area contributed by atoms with Crippen LogP contribution in [0.25, 0.3) is 0 Å². The molecule has 180 valence electrons. The zero-order chi connectivity index (χ0) is 24.7. The highest BCUT2D eigenvalue weighted by Gasteiger charge is 2.34. The number of rotatable bonds is 9. The molecule has 2 amide bonds. The number of likely N-dealkylation sites (tertiary alicyclic amines) is 1. The minimum Gasteiger partial charge on any atom is -0.481 e. The number of amides is 2. The van der Waals surface area contributed by atoms with E-state index in [0.29, 0.717) is 43.6 Å². The van der Waals surface area contributed by atoms with Crippen molar-refractivity contribution in [2.24, 2.45) is 11.8 Å². The first-order chi connectivity index (χ1) is 16.3. The Morgan fingerprint density at radius 1 is 1.03 bits per heavy atom. The molecule has 1 aliphatic heterocycles.